The van der Waals surface area contributed by atoms with Gasteiger partial charge in [-0.1, -0.05) is 12.1 Å². The maximum atomic E-state index is 14.5. The van der Waals surface area contributed by atoms with Crippen LogP contribution in [-0.4, -0.2) is 90.3 Å². The number of nitrogens with zero attached hydrogens (tertiary/aromatic N) is 3. The van der Waals surface area contributed by atoms with E-state index in [4.69, 9.17) is 14.9 Å². The van der Waals surface area contributed by atoms with E-state index in [1.54, 1.807) is 24.3 Å². The number of allylic oxidation sites excluding steroid dienone is 1. The summed E-state index contributed by atoms with van der Waals surface area (Å²) in [5.74, 6) is -0.872. The number of ether oxygens (including phenoxy) is 2. The molecule has 10 heteroatoms. The van der Waals surface area contributed by atoms with Crippen molar-refractivity contribution in [3.8, 4) is 5.75 Å². The summed E-state index contributed by atoms with van der Waals surface area (Å²) in [7, 11) is 3.56. The predicted octanol–water partition coefficient (Wildman–Crippen LogP) is 3.08. The number of carbonyl (C=O) groups is 1. The average Bonchev–Trinajstić information content (AvgIpc) is 3.27. The van der Waals surface area contributed by atoms with Gasteiger partial charge in [-0.3, -0.25) is 9.89 Å². The number of halogens is 1. The number of piperazine rings is 1. The number of amides is 1. The molecule has 0 spiro atoms. The van der Waals surface area contributed by atoms with Crippen molar-refractivity contribution in [2.45, 2.75) is 0 Å². The highest BCUT2D eigenvalue weighted by Crippen LogP contribution is 2.28. The van der Waals surface area contributed by atoms with E-state index in [1.165, 1.54) is 25.3 Å². The van der Waals surface area contributed by atoms with Gasteiger partial charge in [0, 0.05) is 56.4 Å². The second kappa shape index (κ2) is 10.7. The van der Waals surface area contributed by atoms with Crippen LogP contribution in [0, 0.1) is 11.2 Å². The first kappa shape index (κ1) is 24.4. The minimum atomic E-state index is -0.597. The molecule has 0 radical (unpaired) electrons. The van der Waals surface area contributed by atoms with Gasteiger partial charge in [0.05, 0.1) is 17.8 Å². The second-order valence-electron chi connectivity index (χ2n) is 8.36. The zero-order valence-electron chi connectivity index (χ0n) is 19.7. The van der Waals surface area contributed by atoms with Gasteiger partial charge in [0.15, 0.2) is 11.6 Å². The first-order chi connectivity index (χ1) is 16.9. The molecule has 0 bridgehead atoms. The minimum Gasteiger partial charge on any atom is -0.506 e. The van der Waals surface area contributed by atoms with Crippen LogP contribution in [0.1, 0.15) is 21.6 Å². The number of H-pyrrole nitrogens is 1. The van der Waals surface area contributed by atoms with E-state index in [-0.39, 0.29) is 35.4 Å². The van der Waals surface area contributed by atoms with Crippen LogP contribution in [0.3, 0.4) is 0 Å². The largest absolute Gasteiger partial charge is 0.506 e. The monoisotopic (exact) mass is 481 g/mol. The number of aliphatic hydroxyl groups is 1. The molecule has 1 saturated heterocycles. The number of hydrogen-bond acceptors (Lipinski definition) is 7. The summed E-state index contributed by atoms with van der Waals surface area (Å²) in [6, 6.07) is 9.39. The molecule has 0 saturated carbocycles. The normalized spacial score (nSPS) is 14.9. The Bertz CT molecular complexity index is 1250. The van der Waals surface area contributed by atoms with E-state index in [0.29, 0.717) is 41.7 Å². The zero-order chi connectivity index (χ0) is 24.9. The van der Waals surface area contributed by atoms with Crippen molar-refractivity contribution < 1.29 is 23.8 Å². The molecule has 4 rings (SSSR count). The molecule has 2 aromatic carbocycles. The molecule has 1 amide bonds. The zero-order valence-corrected chi connectivity index (χ0v) is 19.7. The number of aliphatic hydroxyl groups excluding tert-OH is 1. The molecule has 184 valence electrons. The van der Waals surface area contributed by atoms with Gasteiger partial charge < -0.3 is 29.8 Å². The summed E-state index contributed by atoms with van der Waals surface area (Å²) in [5.41, 5.74) is 1.70. The van der Waals surface area contributed by atoms with E-state index in [0.717, 1.165) is 13.1 Å². The number of aromatic amines is 1. The number of likely N-dealkylation sites (N-methyl/N-ethyl adjacent to an activating group) is 1. The third-order valence-corrected chi connectivity index (χ3v) is 5.92. The molecule has 0 atom stereocenters. The number of nitrogens with one attached hydrogen (secondary N) is 2. The fourth-order valence-electron chi connectivity index (χ4n) is 3.83. The molecule has 1 aliphatic rings. The van der Waals surface area contributed by atoms with Crippen LogP contribution in [0.4, 0.5) is 4.39 Å². The topological polar surface area (TPSA) is 115 Å². The fourth-order valence-corrected chi connectivity index (χ4v) is 3.83. The summed E-state index contributed by atoms with van der Waals surface area (Å²) in [4.78, 5) is 16.7. The highest BCUT2D eigenvalue weighted by molar-refractivity contribution is 6.10. The van der Waals surface area contributed by atoms with Crippen LogP contribution in [0.5, 0.6) is 5.75 Å². The van der Waals surface area contributed by atoms with E-state index in [2.05, 4.69) is 15.1 Å². The smallest absolute Gasteiger partial charge is 0.253 e. The van der Waals surface area contributed by atoms with Crippen molar-refractivity contribution in [2.75, 3.05) is 53.6 Å². The molecule has 35 heavy (non-hydrogen) atoms. The van der Waals surface area contributed by atoms with Crippen molar-refractivity contribution in [2.24, 2.45) is 0 Å². The average molecular weight is 482 g/mol. The van der Waals surface area contributed by atoms with Gasteiger partial charge in [0.25, 0.3) is 5.91 Å². The van der Waals surface area contributed by atoms with E-state index in [9.17, 15) is 14.3 Å². The SMILES string of the molecule is COCCOc1cc2[nH]nc(/C(O)=C/C(=N)c3ccc(C(=O)N4CCN(C)CC4)cc3)c2cc1F. The number of benzene rings is 2. The molecule has 9 nitrogen and oxygen atoms in total. The molecule has 0 unspecified atom stereocenters. The van der Waals surface area contributed by atoms with Gasteiger partial charge in [0.1, 0.15) is 18.1 Å². The lowest BCUT2D eigenvalue weighted by Gasteiger charge is -2.32. The van der Waals surface area contributed by atoms with Gasteiger partial charge in [-0.25, -0.2) is 4.39 Å². The molecule has 2 heterocycles. The Morgan fingerprint density at radius 3 is 2.54 bits per heavy atom. The quantitative estimate of drug-likeness (QED) is 0.259. The van der Waals surface area contributed by atoms with Crippen molar-refractivity contribution in [1.82, 2.24) is 20.0 Å². The molecule has 3 N–H and O–H groups in total. The molecule has 0 aliphatic carbocycles. The van der Waals surface area contributed by atoms with E-state index in [1.807, 2.05) is 11.9 Å². The Morgan fingerprint density at radius 2 is 1.86 bits per heavy atom. The lowest BCUT2D eigenvalue weighted by Crippen LogP contribution is -2.47. The van der Waals surface area contributed by atoms with E-state index < -0.39 is 5.82 Å². The summed E-state index contributed by atoms with van der Waals surface area (Å²) in [5, 5.41) is 26.1. The number of carbonyl (C=O) groups excluding carboxylic acids is 1. The van der Waals surface area contributed by atoms with Crippen molar-refractivity contribution in [3.63, 3.8) is 0 Å². The molecule has 1 fully saturated rings. The van der Waals surface area contributed by atoms with Crippen LogP contribution in [-0.2, 0) is 4.74 Å². The minimum absolute atomic E-state index is 0.0252. The Hall–Kier alpha value is -3.76. The van der Waals surface area contributed by atoms with E-state index >= 15 is 0 Å². The number of hydrogen-bond donors (Lipinski definition) is 3. The first-order valence-corrected chi connectivity index (χ1v) is 11.2. The number of rotatable bonds is 8. The van der Waals surface area contributed by atoms with Gasteiger partial charge in [-0.05, 0) is 30.8 Å². The van der Waals surface area contributed by atoms with Crippen LogP contribution in [0.2, 0.25) is 0 Å². The number of fused-ring (bicyclic) bond motifs is 1. The van der Waals surface area contributed by atoms with Gasteiger partial charge in [0.2, 0.25) is 0 Å². The number of aromatic nitrogens is 2. The van der Waals surface area contributed by atoms with Crippen molar-refractivity contribution in [1.29, 1.82) is 5.41 Å². The van der Waals surface area contributed by atoms with Crippen molar-refractivity contribution in [3.05, 3.63) is 65.1 Å². The van der Waals surface area contributed by atoms with Crippen LogP contribution >= 0.6 is 0 Å². The van der Waals surface area contributed by atoms with Crippen LogP contribution in [0.25, 0.3) is 16.7 Å². The van der Waals surface area contributed by atoms with Crippen LogP contribution in [0.15, 0.2) is 42.5 Å². The van der Waals surface area contributed by atoms with Gasteiger partial charge in [-0.2, -0.15) is 5.10 Å². The van der Waals surface area contributed by atoms with Crippen LogP contribution < -0.4 is 4.74 Å². The fraction of sp³-hybridized carbons (Fsp3) is 0.320. The standard InChI is InChI=1S/C25H28FN5O4/c1-30-7-9-31(10-8-30)25(33)17-5-3-16(4-6-17)20(27)14-22(32)24-18-13-19(26)23(35-12-11-34-2)15-21(18)28-29-24/h3-6,13-15,27,32H,7-12H2,1-2H3,(H,28,29)/b22-14-,27-20?. The Balaban J connectivity index is 1.48. The lowest BCUT2D eigenvalue weighted by molar-refractivity contribution is 0.0664. The third-order valence-electron chi connectivity index (χ3n) is 5.92. The molecule has 1 aliphatic heterocycles. The van der Waals surface area contributed by atoms with Gasteiger partial charge in [-0.15, -0.1) is 0 Å². The summed E-state index contributed by atoms with van der Waals surface area (Å²) < 4.78 is 24.7. The number of methoxy groups -OCH3 is 1. The van der Waals surface area contributed by atoms with Gasteiger partial charge >= 0.3 is 0 Å². The summed E-state index contributed by atoms with van der Waals surface area (Å²) >= 11 is 0. The molecule has 1 aromatic heterocycles. The third kappa shape index (κ3) is 5.50. The lowest BCUT2D eigenvalue weighted by atomic mass is 10.0. The van der Waals surface area contributed by atoms with Crippen molar-refractivity contribution >= 4 is 28.3 Å². The Labute approximate surface area is 202 Å². The summed E-state index contributed by atoms with van der Waals surface area (Å²) in [6.45, 7) is 3.56. The Kier molecular flexibility index (Phi) is 7.42. The highest BCUT2D eigenvalue weighted by atomic mass is 19.1. The molecular weight excluding hydrogens is 453 g/mol. The first-order valence-electron chi connectivity index (χ1n) is 11.2. The maximum Gasteiger partial charge on any atom is 0.253 e. The highest BCUT2D eigenvalue weighted by Gasteiger charge is 2.20. The molecule has 3 aromatic rings. The molecular formula is C25H28FN5O4. The predicted molar refractivity (Wildman–Crippen MR) is 131 cm³/mol. The maximum absolute atomic E-state index is 14.5. The second-order valence-corrected chi connectivity index (χ2v) is 8.36. The Morgan fingerprint density at radius 1 is 1.17 bits per heavy atom. The summed E-state index contributed by atoms with van der Waals surface area (Å²) in [6.07, 6.45) is 1.24.